The molecule has 0 atom stereocenters. The summed E-state index contributed by atoms with van der Waals surface area (Å²) in [5.74, 6) is 0. The molecule has 0 aromatic heterocycles. The molecule has 6 aromatic rings. The van der Waals surface area contributed by atoms with Crippen LogP contribution in [0.25, 0.3) is 0 Å². The molecule has 0 radical (unpaired) electrons. The van der Waals surface area contributed by atoms with E-state index >= 15 is 0 Å². The molecule has 0 heterocycles. The zero-order chi connectivity index (χ0) is 31.1. The summed E-state index contributed by atoms with van der Waals surface area (Å²) in [6, 6.07) is 47.2. The van der Waals surface area contributed by atoms with E-state index in [2.05, 4.69) is 0 Å². The van der Waals surface area contributed by atoms with Gasteiger partial charge in [0.05, 0.1) is 0 Å². The largest absolute Gasteiger partial charge is 0.147 e. The van der Waals surface area contributed by atoms with Crippen molar-refractivity contribution in [1.29, 1.82) is 0 Å². The highest BCUT2D eigenvalue weighted by Gasteiger charge is 2.24. The molecule has 0 aliphatic heterocycles. The van der Waals surface area contributed by atoms with Crippen LogP contribution in [0.5, 0.6) is 0 Å². The summed E-state index contributed by atoms with van der Waals surface area (Å²) in [6.45, 7) is 0. The first-order valence-electron chi connectivity index (χ1n) is 13.4. The van der Waals surface area contributed by atoms with Crippen LogP contribution >= 0.6 is 110 Å². The number of rotatable bonds is 6. The van der Waals surface area contributed by atoms with Crippen LogP contribution in [0.15, 0.2) is 146 Å². The summed E-state index contributed by atoms with van der Waals surface area (Å²) in [7, 11) is -1.81. The minimum absolute atomic E-state index is 0. The first-order valence-corrected chi connectivity index (χ1v) is 18.4. The summed E-state index contributed by atoms with van der Waals surface area (Å²) < 4.78 is 0. The van der Waals surface area contributed by atoms with Crippen molar-refractivity contribution in [3.05, 3.63) is 176 Å². The Morgan fingerprint density at radius 3 is 0.500 bits per heavy atom. The second-order valence-electron chi connectivity index (χ2n) is 9.38. The van der Waals surface area contributed by atoms with Crippen LogP contribution in [0.2, 0.25) is 30.1 Å². The molecule has 0 amide bonds. The van der Waals surface area contributed by atoms with E-state index in [0.717, 1.165) is 62.0 Å². The van der Waals surface area contributed by atoms with Gasteiger partial charge in [-0.25, -0.2) is 0 Å². The van der Waals surface area contributed by atoms with Gasteiger partial charge in [0.25, 0.3) is 0 Å². The highest BCUT2D eigenvalue weighted by Crippen LogP contribution is 2.41. The van der Waals surface area contributed by atoms with Gasteiger partial charge >= 0.3 is 0 Å². The Bertz CT molecular complexity index is 1530. The fourth-order valence-corrected chi connectivity index (χ4v) is 11.6. The highest BCUT2D eigenvalue weighted by molar-refractivity contribution is 7.81. The topological polar surface area (TPSA) is 0 Å². The molecule has 0 unspecified atom stereocenters. The van der Waals surface area contributed by atoms with Crippen molar-refractivity contribution < 1.29 is 0 Å². The van der Waals surface area contributed by atoms with Crippen LogP contribution < -0.4 is 31.8 Å². The van der Waals surface area contributed by atoms with E-state index in [0.29, 0.717) is 0 Å². The van der Waals surface area contributed by atoms with Gasteiger partial charge in [-0.3, -0.25) is 0 Å². The minimum atomic E-state index is -0.904. The first kappa shape index (κ1) is 38.9. The molecule has 46 heavy (non-hydrogen) atoms. The molecule has 0 fully saturated rings. The van der Waals surface area contributed by atoms with E-state index in [-0.39, 0.29) is 24.8 Å². The van der Waals surface area contributed by atoms with Crippen LogP contribution in [0.4, 0.5) is 0 Å². The smallest absolute Gasteiger partial charge is 0.0489 e. The van der Waals surface area contributed by atoms with Crippen molar-refractivity contribution in [2.24, 2.45) is 0 Å². The van der Waals surface area contributed by atoms with E-state index in [4.69, 9.17) is 69.6 Å². The Hall–Kier alpha value is -1.50. The van der Waals surface area contributed by atoms with Gasteiger partial charge in [-0.1, -0.05) is 179 Å². The van der Waals surface area contributed by atoms with Crippen LogP contribution in [0.3, 0.4) is 0 Å². The van der Waals surface area contributed by atoms with Gasteiger partial charge in [-0.05, 0) is 52.2 Å². The van der Waals surface area contributed by atoms with Gasteiger partial charge in [0.2, 0.25) is 0 Å². The van der Waals surface area contributed by atoms with Gasteiger partial charge in [0, 0.05) is 62.0 Å². The van der Waals surface area contributed by atoms with Crippen LogP contribution in [0.1, 0.15) is 0 Å². The molecule has 0 aliphatic rings. The highest BCUT2D eigenvalue weighted by atomic mass is 35.5. The number of hydrogen-bond donors (Lipinski definition) is 0. The Kier molecular flexibility index (Phi) is 16.0. The first-order chi connectivity index (χ1) is 21.4. The van der Waals surface area contributed by atoms with Crippen molar-refractivity contribution >= 4 is 142 Å². The van der Waals surface area contributed by atoms with Crippen molar-refractivity contribution in [1.82, 2.24) is 0 Å². The van der Waals surface area contributed by atoms with Gasteiger partial charge < -0.3 is 0 Å². The lowest BCUT2D eigenvalue weighted by molar-refractivity contribution is 1.73. The normalized spacial score (nSPS) is 10.4. The molecule has 0 N–H and O–H groups in total. The lowest BCUT2D eigenvalue weighted by Crippen LogP contribution is -2.22. The summed E-state index contributed by atoms with van der Waals surface area (Å²) in [5.41, 5.74) is 0. The van der Waals surface area contributed by atoms with E-state index in [1.807, 2.05) is 146 Å². The van der Waals surface area contributed by atoms with Gasteiger partial charge in [-0.15, -0.1) is 24.8 Å². The molecule has 10 heteroatoms. The van der Waals surface area contributed by atoms with E-state index < -0.39 is 15.8 Å². The summed E-state index contributed by atoms with van der Waals surface area (Å²) in [6.07, 6.45) is 0. The lowest BCUT2D eigenvalue weighted by atomic mass is 10.3. The third kappa shape index (κ3) is 9.35. The molecule has 6 aromatic carbocycles. The quantitative estimate of drug-likeness (QED) is 0.147. The van der Waals surface area contributed by atoms with E-state index in [1.165, 1.54) is 0 Å². The zero-order valence-corrected chi connectivity index (χ0v) is 31.8. The second-order valence-corrected chi connectivity index (χ2v) is 16.1. The Morgan fingerprint density at radius 2 is 0.370 bits per heavy atom. The Morgan fingerprint density at radius 1 is 0.239 bits per heavy atom. The summed E-state index contributed by atoms with van der Waals surface area (Å²) >= 11 is 38.7. The van der Waals surface area contributed by atoms with E-state index in [1.54, 1.807) is 0 Å². The number of hydrogen-bond acceptors (Lipinski definition) is 0. The monoisotopic (exact) mass is 800 g/mol. The second kappa shape index (κ2) is 18.9. The van der Waals surface area contributed by atoms with Gasteiger partial charge in [0.1, 0.15) is 0 Å². The third-order valence-electron chi connectivity index (χ3n) is 6.56. The maximum Gasteiger partial charge on any atom is 0.0489 e. The fourth-order valence-electron chi connectivity index (χ4n) is 4.58. The third-order valence-corrected chi connectivity index (χ3v) is 14.6. The SMILES string of the molecule is Cl.Cl.Clc1ccccc1P(c1ccccc1Cl)c1ccccc1Cl.Clc1ccccc1P(c1ccccc1Cl)c1ccccc1Cl. The van der Waals surface area contributed by atoms with Crippen LogP contribution in [-0.4, -0.2) is 0 Å². The van der Waals surface area contributed by atoms with E-state index in [9.17, 15) is 0 Å². The molecular weight excluding hydrogens is 778 g/mol. The molecule has 0 saturated heterocycles. The Balaban J connectivity index is 0.000000240. The standard InChI is InChI=1S/2C18H12Cl3P.2ClH/c2*19-13-7-1-4-10-16(13)22(17-11-5-2-8-14(17)20)18-12-6-3-9-15(18)21;;/h2*1-12H;2*1H. The van der Waals surface area contributed by atoms with Gasteiger partial charge in [-0.2, -0.15) is 0 Å². The maximum atomic E-state index is 6.45. The molecule has 0 saturated carbocycles. The van der Waals surface area contributed by atoms with Gasteiger partial charge in [0.15, 0.2) is 0 Å². The minimum Gasteiger partial charge on any atom is -0.147 e. The molecule has 0 bridgehead atoms. The summed E-state index contributed by atoms with van der Waals surface area (Å²) in [5, 5.41) is 10.7. The number of benzene rings is 6. The predicted octanol–water partition coefficient (Wildman–Crippen LogP) is 11.7. The van der Waals surface area contributed by atoms with Crippen molar-refractivity contribution in [2.75, 3.05) is 0 Å². The lowest BCUT2D eigenvalue weighted by Gasteiger charge is -2.22. The molecule has 236 valence electrons. The van der Waals surface area contributed by atoms with Crippen molar-refractivity contribution in [3.8, 4) is 0 Å². The molecular formula is C36H26Cl8P2. The molecule has 0 aliphatic carbocycles. The van der Waals surface area contributed by atoms with Crippen molar-refractivity contribution in [2.45, 2.75) is 0 Å². The Labute approximate surface area is 315 Å². The predicted molar refractivity (Wildman–Crippen MR) is 215 cm³/mol. The van der Waals surface area contributed by atoms with Crippen molar-refractivity contribution in [3.63, 3.8) is 0 Å². The maximum absolute atomic E-state index is 6.45. The average molecular weight is 804 g/mol. The number of halogens is 8. The van der Waals surface area contributed by atoms with Crippen LogP contribution in [0, 0.1) is 0 Å². The molecule has 6 rings (SSSR count). The molecule has 0 nitrogen and oxygen atoms in total. The summed E-state index contributed by atoms with van der Waals surface area (Å²) in [4.78, 5) is 0. The average Bonchev–Trinajstić information content (AvgIpc) is 3.03. The van der Waals surface area contributed by atoms with Crippen LogP contribution in [-0.2, 0) is 0 Å². The zero-order valence-electron chi connectivity index (χ0n) is 23.8. The molecule has 0 spiro atoms. The fraction of sp³-hybridized carbons (Fsp3) is 0.